The smallest absolute Gasteiger partial charge is 0.336 e. The fourth-order valence-corrected chi connectivity index (χ4v) is 29.5. The Balaban J connectivity index is 8.56. The van der Waals surface area contributed by atoms with Gasteiger partial charge in [-0.25, -0.2) is 4.79 Å². The van der Waals surface area contributed by atoms with Gasteiger partial charge in [-0.2, -0.15) is 0 Å². The molecule has 34 heavy (non-hydrogen) atoms. The molecule has 200 valence electrons. The van der Waals surface area contributed by atoms with Crippen LogP contribution in [-0.4, -0.2) is 68.2 Å². The minimum absolute atomic E-state index is 0.472. The highest BCUT2D eigenvalue weighted by molar-refractivity contribution is 7.06. The number of hydrogen-bond donors (Lipinski definition) is 4. The maximum atomic E-state index is 13.8. The van der Waals surface area contributed by atoms with Crippen LogP contribution in [0.5, 0.6) is 0 Å². The van der Waals surface area contributed by atoms with Crippen LogP contribution in [0, 0.1) is 0 Å². The molecule has 0 rings (SSSR count). The zero-order valence-electron chi connectivity index (χ0n) is 23.0. The molecular weight excluding hydrogens is 485 g/mol. The molecule has 10 heteroatoms. The molecule has 2 unspecified atom stereocenters. The lowest BCUT2D eigenvalue weighted by Gasteiger charge is -2.63. The van der Waals surface area contributed by atoms with Crippen LogP contribution in [-0.2, 0) is 14.4 Å². The Labute approximate surface area is 209 Å². The van der Waals surface area contributed by atoms with Crippen molar-refractivity contribution in [2.45, 2.75) is 133 Å². The summed E-state index contributed by atoms with van der Waals surface area (Å²) in [5.74, 6) is -4.29. The Bertz CT molecular complexity index is 671. The minimum Gasteiger partial charge on any atom is -0.481 e. The molecule has 0 aliphatic rings. The van der Waals surface area contributed by atoms with Crippen molar-refractivity contribution in [3.05, 3.63) is 0 Å². The molecule has 0 bridgehead atoms. The number of rotatable bonds is 17. The maximum absolute atomic E-state index is 13.8. The van der Waals surface area contributed by atoms with E-state index in [9.17, 15) is 34.8 Å². The first-order valence-electron chi connectivity index (χ1n) is 13.2. The zero-order chi connectivity index (χ0) is 27.2. The van der Waals surface area contributed by atoms with Crippen LogP contribution in [0.15, 0.2) is 0 Å². The second-order valence-corrected chi connectivity index (χ2v) is 26.8. The molecule has 0 aromatic carbocycles. The van der Waals surface area contributed by atoms with E-state index in [0.29, 0.717) is 54.4 Å². The topological polar surface area (TPSA) is 132 Å². The Kier molecular flexibility index (Phi) is 12.0. The molecule has 0 aliphatic carbocycles. The van der Waals surface area contributed by atoms with Gasteiger partial charge in [0, 0.05) is 0 Å². The fourth-order valence-electron chi connectivity index (χ4n) is 7.83. The molecule has 0 fully saturated rings. The summed E-state index contributed by atoms with van der Waals surface area (Å²) < 4.78 is -1.93. The molecule has 0 aromatic rings. The third-order valence-electron chi connectivity index (χ3n) is 10.3. The van der Waals surface area contributed by atoms with E-state index in [-0.39, 0.29) is 0 Å². The van der Waals surface area contributed by atoms with Crippen LogP contribution >= 0.6 is 0 Å². The minimum atomic E-state index is -3.09. The van der Waals surface area contributed by atoms with Crippen LogP contribution in [0.25, 0.3) is 0 Å². The highest BCUT2D eigenvalue weighted by Crippen LogP contribution is 2.66. The van der Waals surface area contributed by atoms with Crippen molar-refractivity contribution in [3.8, 4) is 0 Å². The standard InChI is InChI=1S/C24H50O7Si3/c1-10-32(11-2,12-3)19(20(25)26)23(31,21(27)28)24(22(29)30,33(13-4,14-5)15-6)34(16-7,17-8)18-9/h19,31H,10-18H2,1-9H3,(H,25,26)(H,27,28)(H,29,30). The number of carboxylic acid groups (broad SMARTS) is 3. The summed E-state index contributed by atoms with van der Waals surface area (Å²) in [5.41, 5.74) is -4.46. The molecule has 0 aliphatic heterocycles. The molecule has 0 aromatic heterocycles. The van der Waals surface area contributed by atoms with E-state index in [1.54, 1.807) is 0 Å². The van der Waals surface area contributed by atoms with Crippen molar-refractivity contribution in [2.24, 2.45) is 0 Å². The zero-order valence-corrected chi connectivity index (χ0v) is 26.0. The first kappa shape index (κ1) is 33.0. The van der Waals surface area contributed by atoms with Crippen LogP contribution in [0.1, 0.15) is 62.3 Å². The second-order valence-electron chi connectivity index (χ2n) is 10.0. The third kappa shape index (κ3) is 4.26. The molecule has 0 amide bonds. The Hall–Kier alpha value is -0.979. The van der Waals surface area contributed by atoms with Crippen LogP contribution in [0.4, 0.5) is 0 Å². The van der Waals surface area contributed by atoms with Crippen molar-refractivity contribution < 1.29 is 34.8 Å². The van der Waals surface area contributed by atoms with Gasteiger partial charge in [-0.15, -0.1) is 0 Å². The molecule has 0 radical (unpaired) electrons. The van der Waals surface area contributed by atoms with Crippen LogP contribution in [0.3, 0.4) is 0 Å². The number of hydrogen-bond acceptors (Lipinski definition) is 4. The summed E-state index contributed by atoms with van der Waals surface area (Å²) in [4.78, 5) is 40.3. The number of carboxylic acids is 3. The average molecular weight is 535 g/mol. The Morgan fingerprint density at radius 3 is 1.03 bits per heavy atom. The molecule has 7 nitrogen and oxygen atoms in total. The first-order chi connectivity index (χ1) is 15.7. The first-order valence-corrected chi connectivity index (χ1v) is 21.1. The van der Waals surface area contributed by atoms with E-state index in [4.69, 9.17) is 0 Å². The summed E-state index contributed by atoms with van der Waals surface area (Å²) in [5, 5.41) is 45.5. The van der Waals surface area contributed by atoms with Gasteiger partial charge in [0.25, 0.3) is 0 Å². The number of carbonyl (C=O) groups is 3. The lowest BCUT2D eigenvalue weighted by molar-refractivity contribution is -0.174. The predicted molar refractivity (Wildman–Crippen MR) is 146 cm³/mol. The van der Waals surface area contributed by atoms with Crippen LogP contribution in [0.2, 0.25) is 64.6 Å². The van der Waals surface area contributed by atoms with Gasteiger partial charge in [0.15, 0.2) is 5.60 Å². The van der Waals surface area contributed by atoms with Gasteiger partial charge in [0.2, 0.25) is 0 Å². The van der Waals surface area contributed by atoms with E-state index in [1.165, 1.54) is 0 Å². The van der Waals surface area contributed by atoms with Gasteiger partial charge in [-0.3, -0.25) is 9.59 Å². The number of aliphatic hydroxyl groups is 1. The van der Waals surface area contributed by atoms with Gasteiger partial charge in [0.1, 0.15) is 0 Å². The van der Waals surface area contributed by atoms with E-state index in [1.807, 2.05) is 62.3 Å². The number of aliphatic carboxylic acids is 3. The van der Waals surface area contributed by atoms with Gasteiger partial charge in [0.05, 0.1) is 34.4 Å². The molecule has 4 N–H and O–H groups in total. The summed E-state index contributed by atoms with van der Waals surface area (Å²) >= 11 is 0. The summed E-state index contributed by atoms with van der Waals surface area (Å²) in [7, 11) is -9.13. The van der Waals surface area contributed by atoms with Crippen molar-refractivity contribution >= 4 is 42.1 Å². The Morgan fingerprint density at radius 2 is 0.882 bits per heavy atom. The summed E-state index contributed by atoms with van der Waals surface area (Å²) in [6, 6.07) is 4.35. The SMILES string of the molecule is CC[Si](CC)(CC)C(C(=O)O)C(O)(C(=O)O)C(C(=O)O)([Si](CC)(CC)CC)[Si](CC)(CC)CC. The average Bonchev–Trinajstić information content (AvgIpc) is 2.82. The van der Waals surface area contributed by atoms with Gasteiger partial charge in [-0.05, 0) is 0 Å². The van der Waals surface area contributed by atoms with Gasteiger partial charge in [-0.1, -0.05) is 117 Å². The van der Waals surface area contributed by atoms with E-state index in [2.05, 4.69) is 0 Å². The third-order valence-corrected chi connectivity index (χ3v) is 32.0. The quantitative estimate of drug-likeness (QED) is 0.165. The highest BCUT2D eigenvalue weighted by atomic mass is 28.4. The van der Waals surface area contributed by atoms with Crippen molar-refractivity contribution in [3.63, 3.8) is 0 Å². The molecular formula is C24H50O7Si3. The lowest BCUT2D eigenvalue weighted by atomic mass is 9.93. The Morgan fingerprint density at radius 1 is 0.588 bits per heavy atom. The molecule has 0 heterocycles. The fraction of sp³-hybridized carbons (Fsp3) is 0.875. The highest BCUT2D eigenvalue weighted by Gasteiger charge is 2.80. The van der Waals surface area contributed by atoms with E-state index in [0.717, 1.165) is 0 Å². The second kappa shape index (κ2) is 12.3. The van der Waals surface area contributed by atoms with Crippen molar-refractivity contribution in [2.75, 3.05) is 0 Å². The van der Waals surface area contributed by atoms with E-state index < -0.39 is 57.9 Å². The van der Waals surface area contributed by atoms with Crippen molar-refractivity contribution in [1.29, 1.82) is 0 Å². The molecule has 0 saturated heterocycles. The normalized spacial score (nSPS) is 16.1. The van der Waals surface area contributed by atoms with Gasteiger partial charge < -0.3 is 20.4 Å². The van der Waals surface area contributed by atoms with Gasteiger partial charge >= 0.3 is 17.9 Å². The lowest BCUT2D eigenvalue weighted by Crippen LogP contribution is -2.79. The predicted octanol–water partition coefficient (Wildman–Crippen LogP) is 6.15. The van der Waals surface area contributed by atoms with E-state index >= 15 is 0 Å². The summed E-state index contributed by atoms with van der Waals surface area (Å²) in [6.45, 7) is 17.1. The molecule has 0 saturated carbocycles. The molecule has 2 atom stereocenters. The maximum Gasteiger partial charge on any atom is 0.336 e. The van der Waals surface area contributed by atoms with Crippen molar-refractivity contribution in [1.82, 2.24) is 0 Å². The monoisotopic (exact) mass is 534 g/mol. The molecule has 0 spiro atoms. The summed E-state index contributed by atoms with van der Waals surface area (Å²) in [6.07, 6.45) is 0. The van der Waals surface area contributed by atoms with Crippen LogP contribution < -0.4 is 0 Å². The largest absolute Gasteiger partial charge is 0.481 e.